The number of ether oxygens (including phenoxy) is 1. The zero-order valence-corrected chi connectivity index (χ0v) is 9.18. The summed E-state index contributed by atoms with van der Waals surface area (Å²) in [5, 5.41) is 3.71. The molecule has 1 saturated heterocycles. The molecule has 1 unspecified atom stereocenters. The monoisotopic (exact) mass is 183 g/mol. The molecule has 2 fully saturated rings. The summed E-state index contributed by atoms with van der Waals surface area (Å²) in [6.07, 6.45) is 1.18. The first-order valence-electron chi connectivity index (χ1n) is 5.30. The molecule has 1 aliphatic carbocycles. The lowest BCUT2D eigenvalue weighted by molar-refractivity contribution is 0.189. The largest absolute Gasteiger partial charge is 0.380 e. The van der Waals surface area contributed by atoms with Crippen LogP contribution in [0.25, 0.3) is 0 Å². The SMILES string of the molecule is CC1(C)C(NC2CCOC2)C1(C)C. The van der Waals surface area contributed by atoms with Crippen LogP contribution in [-0.4, -0.2) is 25.3 Å². The Hall–Kier alpha value is -0.0800. The van der Waals surface area contributed by atoms with Crippen molar-refractivity contribution in [2.75, 3.05) is 13.2 Å². The highest BCUT2D eigenvalue weighted by Crippen LogP contribution is 2.62. The van der Waals surface area contributed by atoms with Crippen LogP contribution in [0, 0.1) is 10.8 Å². The molecule has 0 aromatic rings. The van der Waals surface area contributed by atoms with E-state index in [9.17, 15) is 0 Å². The third-order valence-corrected chi connectivity index (χ3v) is 4.35. The van der Waals surface area contributed by atoms with Gasteiger partial charge in [0.1, 0.15) is 0 Å². The van der Waals surface area contributed by atoms with Gasteiger partial charge < -0.3 is 10.1 Å². The Balaban J connectivity index is 1.90. The lowest BCUT2D eigenvalue weighted by atomic mass is 10.0. The molecule has 0 aromatic carbocycles. The van der Waals surface area contributed by atoms with Crippen LogP contribution in [0.3, 0.4) is 0 Å². The van der Waals surface area contributed by atoms with E-state index in [1.54, 1.807) is 0 Å². The molecule has 0 aromatic heterocycles. The maximum Gasteiger partial charge on any atom is 0.0620 e. The fraction of sp³-hybridized carbons (Fsp3) is 1.00. The highest BCUT2D eigenvalue weighted by molar-refractivity contribution is 5.18. The molecule has 1 atom stereocenters. The normalized spacial score (nSPS) is 36.5. The van der Waals surface area contributed by atoms with Gasteiger partial charge in [-0.3, -0.25) is 0 Å². The molecule has 1 N–H and O–H groups in total. The molecule has 0 amide bonds. The molecule has 2 aliphatic rings. The van der Waals surface area contributed by atoms with E-state index < -0.39 is 0 Å². The summed E-state index contributed by atoms with van der Waals surface area (Å²) in [6.45, 7) is 11.2. The Morgan fingerprint density at radius 3 is 2.15 bits per heavy atom. The van der Waals surface area contributed by atoms with E-state index in [0.717, 1.165) is 13.2 Å². The zero-order chi connectivity index (χ0) is 9.69. The standard InChI is InChI=1S/C11H21NO/c1-10(2)9(11(10,3)4)12-8-5-6-13-7-8/h8-9,12H,5-7H2,1-4H3. The minimum Gasteiger partial charge on any atom is -0.380 e. The van der Waals surface area contributed by atoms with Crippen LogP contribution in [-0.2, 0) is 4.74 Å². The van der Waals surface area contributed by atoms with Crippen LogP contribution >= 0.6 is 0 Å². The third-order valence-electron chi connectivity index (χ3n) is 4.35. The molecule has 2 rings (SSSR count). The van der Waals surface area contributed by atoms with Crippen LogP contribution in [0.4, 0.5) is 0 Å². The Labute approximate surface area is 81.0 Å². The van der Waals surface area contributed by atoms with Gasteiger partial charge in [0.25, 0.3) is 0 Å². The Morgan fingerprint density at radius 1 is 1.15 bits per heavy atom. The molecule has 1 saturated carbocycles. The molecule has 1 aliphatic heterocycles. The molecule has 2 heteroatoms. The fourth-order valence-electron chi connectivity index (χ4n) is 2.51. The van der Waals surface area contributed by atoms with Crippen molar-refractivity contribution in [2.24, 2.45) is 10.8 Å². The van der Waals surface area contributed by atoms with E-state index in [1.165, 1.54) is 6.42 Å². The van der Waals surface area contributed by atoms with E-state index >= 15 is 0 Å². The van der Waals surface area contributed by atoms with Gasteiger partial charge in [-0.05, 0) is 17.3 Å². The van der Waals surface area contributed by atoms with Crippen molar-refractivity contribution in [1.82, 2.24) is 5.32 Å². The second kappa shape index (κ2) is 2.71. The highest BCUT2D eigenvalue weighted by atomic mass is 16.5. The first-order valence-corrected chi connectivity index (χ1v) is 5.30. The number of hydrogen-bond acceptors (Lipinski definition) is 2. The van der Waals surface area contributed by atoms with Gasteiger partial charge >= 0.3 is 0 Å². The van der Waals surface area contributed by atoms with Crippen molar-refractivity contribution >= 4 is 0 Å². The fourth-order valence-corrected chi connectivity index (χ4v) is 2.51. The van der Waals surface area contributed by atoms with Crippen LogP contribution in [0.1, 0.15) is 34.1 Å². The highest BCUT2D eigenvalue weighted by Gasteiger charge is 2.64. The minimum absolute atomic E-state index is 0.454. The Bertz CT molecular complexity index is 190. The maximum absolute atomic E-state index is 5.36. The molecule has 2 nitrogen and oxygen atoms in total. The van der Waals surface area contributed by atoms with Crippen molar-refractivity contribution < 1.29 is 4.74 Å². The van der Waals surface area contributed by atoms with Crippen LogP contribution in [0.2, 0.25) is 0 Å². The van der Waals surface area contributed by atoms with E-state index in [-0.39, 0.29) is 0 Å². The zero-order valence-electron chi connectivity index (χ0n) is 9.18. The summed E-state index contributed by atoms with van der Waals surface area (Å²) >= 11 is 0. The lowest BCUT2D eigenvalue weighted by Gasteiger charge is -2.11. The minimum atomic E-state index is 0.454. The number of rotatable bonds is 2. The van der Waals surface area contributed by atoms with Crippen molar-refractivity contribution in [3.05, 3.63) is 0 Å². The summed E-state index contributed by atoms with van der Waals surface area (Å²) in [7, 11) is 0. The maximum atomic E-state index is 5.36. The third kappa shape index (κ3) is 1.31. The second-order valence-corrected chi connectivity index (χ2v) is 5.60. The molecule has 0 spiro atoms. The molecular formula is C11H21NO. The molecule has 0 radical (unpaired) electrons. The van der Waals surface area contributed by atoms with Crippen molar-refractivity contribution in [1.29, 1.82) is 0 Å². The van der Waals surface area contributed by atoms with Crippen molar-refractivity contribution in [2.45, 2.75) is 46.2 Å². The van der Waals surface area contributed by atoms with E-state index in [1.807, 2.05) is 0 Å². The topological polar surface area (TPSA) is 21.3 Å². The van der Waals surface area contributed by atoms with Crippen LogP contribution in [0.5, 0.6) is 0 Å². The number of hydrogen-bond donors (Lipinski definition) is 1. The smallest absolute Gasteiger partial charge is 0.0620 e. The Kier molecular flexibility index (Phi) is 1.97. The molecule has 1 heterocycles. The quantitative estimate of drug-likeness (QED) is 0.705. The molecule has 0 bridgehead atoms. The van der Waals surface area contributed by atoms with Gasteiger partial charge in [0.15, 0.2) is 0 Å². The van der Waals surface area contributed by atoms with Gasteiger partial charge in [-0.25, -0.2) is 0 Å². The summed E-state index contributed by atoms with van der Waals surface area (Å²) in [6, 6.07) is 1.28. The van der Waals surface area contributed by atoms with Gasteiger partial charge in [0.05, 0.1) is 6.61 Å². The summed E-state index contributed by atoms with van der Waals surface area (Å²) in [5.41, 5.74) is 0.908. The predicted octanol–water partition coefficient (Wildman–Crippen LogP) is 1.80. The first-order chi connectivity index (χ1) is 5.96. The summed E-state index contributed by atoms with van der Waals surface area (Å²) < 4.78 is 5.36. The average Bonchev–Trinajstić information content (AvgIpc) is 2.44. The molecule has 13 heavy (non-hydrogen) atoms. The van der Waals surface area contributed by atoms with Gasteiger partial charge in [-0.15, -0.1) is 0 Å². The predicted molar refractivity (Wildman–Crippen MR) is 53.7 cm³/mol. The van der Waals surface area contributed by atoms with Crippen molar-refractivity contribution in [3.63, 3.8) is 0 Å². The van der Waals surface area contributed by atoms with Crippen LogP contribution < -0.4 is 5.32 Å². The first kappa shape index (κ1) is 9.47. The average molecular weight is 183 g/mol. The van der Waals surface area contributed by atoms with E-state index in [0.29, 0.717) is 22.9 Å². The molecular weight excluding hydrogens is 162 g/mol. The summed E-state index contributed by atoms with van der Waals surface area (Å²) in [5.74, 6) is 0. The summed E-state index contributed by atoms with van der Waals surface area (Å²) in [4.78, 5) is 0. The van der Waals surface area contributed by atoms with Gasteiger partial charge in [-0.1, -0.05) is 27.7 Å². The van der Waals surface area contributed by atoms with E-state index in [2.05, 4.69) is 33.0 Å². The lowest BCUT2D eigenvalue weighted by Crippen LogP contribution is -2.34. The van der Waals surface area contributed by atoms with Gasteiger partial charge in [0.2, 0.25) is 0 Å². The molecule has 76 valence electrons. The van der Waals surface area contributed by atoms with Crippen molar-refractivity contribution in [3.8, 4) is 0 Å². The van der Waals surface area contributed by atoms with E-state index in [4.69, 9.17) is 4.74 Å². The second-order valence-electron chi connectivity index (χ2n) is 5.60. The van der Waals surface area contributed by atoms with Gasteiger partial charge in [0, 0.05) is 18.7 Å². The van der Waals surface area contributed by atoms with Crippen LogP contribution in [0.15, 0.2) is 0 Å². The Morgan fingerprint density at radius 2 is 1.77 bits per heavy atom. The van der Waals surface area contributed by atoms with Gasteiger partial charge in [-0.2, -0.15) is 0 Å². The number of nitrogens with one attached hydrogen (secondary N) is 1.